The Morgan fingerprint density at radius 3 is 2.73 bits per heavy atom. The summed E-state index contributed by atoms with van der Waals surface area (Å²) in [7, 11) is 0. The van der Waals surface area contributed by atoms with E-state index in [1.165, 1.54) is 12.7 Å². The number of hydrogen-bond donors (Lipinski definition) is 0. The average Bonchev–Trinajstić information content (AvgIpc) is 2.55. The van der Waals surface area contributed by atoms with Gasteiger partial charge < -0.3 is 0 Å². The van der Waals surface area contributed by atoms with Gasteiger partial charge >= 0.3 is 84.1 Å². The van der Waals surface area contributed by atoms with Gasteiger partial charge in [-0.3, -0.25) is 0 Å². The van der Waals surface area contributed by atoms with Gasteiger partial charge in [0.15, 0.2) is 0 Å². The fourth-order valence-corrected chi connectivity index (χ4v) is 4.43. The van der Waals surface area contributed by atoms with Crippen molar-refractivity contribution in [3.8, 4) is 9.31 Å². The predicted molar refractivity (Wildman–Crippen MR) is 54.4 cm³/mol. The predicted octanol–water partition coefficient (Wildman–Crippen LogP) is 3.23. The van der Waals surface area contributed by atoms with E-state index in [9.17, 15) is 0 Å². The molecule has 2 heterocycles. The Hall–Kier alpha value is 0.179. The van der Waals surface area contributed by atoms with Crippen molar-refractivity contribution in [2.45, 2.75) is 0 Å². The van der Waals surface area contributed by atoms with Crippen molar-refractivity contribution in [2.24, 2.45) is 0 Å². The molecule has 0 radical (unpaired) electrons. The SMILES string of the molecule is Brc1ccc(-c2cccs2)[se]1. The van der Waals surface area contributed by atoms with Crippen molar-refractivity contribution in [1.29, 1.82) is 0 Å². The van der Waals surface area contributed by atoms with Gasteiger partial charge in [-0.1, -0.05) is 0 Å². The Morgan fingerprint density at radius 1 is 1.27 bits per heavy atom. The Kier molecular flexibility index (Phi) is 2.33. The normalized spacial score (nSPS) is 10.3. The van der Waals surface area contributed by atoms with Crippen LogP contribution in [0.2, 0.25) is 0 Å². The zero-order valence-electron chi connectivity index (χ0n) is 5.58. The van der Waals surface area contributed by atoms with Crippen molar-refractivity contribution in [3.05, 3.63) is 33.0 Å². The van der Waals surface area contributed by atoms with Crippen LogP contribution in [0.1, 0.15) is 0 Å². The molecule has 2 aromatic rings. The Morgan fingerprint density at radius 2 is 2.18 bits per heavy atom. The van der Waals surface area contributed by atoms with Gasteiger partial charge in [0.2, 0.25) is 0 Å². The quantitative estimate of drug-likeness (QED) is 0.708. The van der Waals surface area contributed by atoms with Crippen LogP contribution in [0.3, 0.4) is 0 Å². The Balaban J connectivity index is 2.45. The van der Waals surface area contributed by atoms with E-state index in [1.807, 2.05) is 11.3 Å². The zero-order valence-corrected chi connectivity index (χ0v) is 9.70. The minimum absolute atomic E-state index is 0.519. The van der Waals surface area contributed by atoms with Gasteiger partial charge in [-0.05, 0) is 0 Å². The van der Waals surface area contributed by atoms with Crippen LogP contribution in [-0.2, 0) is 0 Å². The number of hydrogen-bond acceptors (Lipinski definition) is 1. The summed E-state index contributed by atoms with van der Waals surface area (Å²) >= 11 is 5.84. The molecule has 11 heavy (non-hydrogen) atoms. The molecule has 0 atom stereocenters. The first-order chi connectivity index (χ1) is 5.36. The van der Waals surface area contributed by atoms with Gasteiger partial charge in [-0.25, -0.2) is 0 Å². The monoisotopic (exact) mass is 292 g/mol. The fourth-order valence-electron chi connectivity index (χ4n) is 0.865. The van der Waals surface area contributed by atoms with Crippen LogP contribution in [0.15, 0.2) is 33.0 Å². The van der Waals surface area contributed by atoms with Crippen LogP contribution >= 0.6 is 27.3 Å². The maximum atomic E-state index is 3.51. The third-order valence-electron chi connectivity index (χ3n) is 1.34. The Bertz CT molecular complexity index is 337. The molecule has 0 N–H and O–H groups in total. The minimum atomic E-state index is 0.519. The van der Waals surface area contributed by atoms with Crippen LogP contribution in [0, 0.1) is 0 Å². The molecule has 0 aliphatic heterocycles. The van der Waals surface area contributed by atoms with Gasteiger partial charge in [0.25, 0.3) is 0 Å². The second-order valence-electron chi connectivity index (χ2n) is 2.08. The summed E-state index contributed by atoms with van der Waals surface area (Å²) in [5.41, 5.74) is 0. The maximum absolute atomic E-state index is 3.51. The van der Waals surface area contributed by atoms with Crippen LogP contribution in [0.5, 0.6) is 0 Å². The summed E-state index contributed by atoms with van der Waals surface area (Å²) in [5, 5.41) is 2.12. The number of rotatable bonds is 1. The molecular formula is C8H5BrSSe. The van der Waals surface area contributed by atoms with Gasteiger partial charge in [0.1, 0.15) is 0 Å². The summed E-state index contributed by atoms with van der Waals surface area (Å²) in [6, 6.07) is 8.63. The fraction of sp³-hybridized carbons (Fsp3) is 0. The van der Waals surface area contributed by atoms with Crippen molar-refractivity contribution >= 4 is 41.8 Å². The van der Waals surface area contributed by atoms with E-state index in [0.717, 1.165) is 0 Å². The van der Waals surface area contributed by atoms with Gasteiger partial charge in [0.05, 0.1) is 0 Å². The molecule has 0 unspecified atom stereocenters. The molecule has 0 saturated heterocycles. The molecule has 0 amide bonds. The van der Waals surface area contributed by atoms with Crippen LogP contribution < -0.4 is 0 Å². The van der Waals surface area contributed by atoms with Gasteiger partial charge in [-0.15, -0.1) is 0 Å². The molecule has 0 bridgehead atoms. The molecule has 0 saturated carbocycles. The topological polar surface area (TPSA) is 0 Å². The summed E-state index contributed by atoms with van der Waals surface area (Å²) < 4.78 is 2.83. The molecule has 0 fully saturated rings. The summed E-state index contributed by atoms with van der Waals surface area (Å²) in [4.78, 5) is 1.41. The van der Waals surface area contributed by atoms with Crippen LogP contribution in [0.4, 0.5) is 0 Å². The summed E-state index contributed by atoms with van der Waals surface area (Å²) in [6.07, 6.45) is 0. The van der Waals surface area contributed by atoms with E-state index >= 15 is 0 Å². The molecular weight excluding hydrogens is 287 g/mol. The van der Waals surface area contributed by atoms with Crippen LogP contribution in [-0.4, -0.2) is 14.5 Å². The second kappa shape index (κ2) is 3.28. The molecule has 2 aromatic heterocycles. The first-order valence-corrected chi connectivity index (χ1v) is 6.54. The number of halogens is 1. The molecule has 0 aliphatic carbocycles. The molecule has 0 nitrogen and oxygen atoms in total. The second-order valence-corrected chi connectivity index (χ2v) is 7.34. The third kappa shape index (κ3) is 1.67. The van der Waals surface area contributed by atoms with E-state index in [1.54, 1.807) is 0 Å². The van der Waals surface area contributed by atoms with Crippen molar-refractivity contribution < 1.29 is 0 Å². The first-order valence-electron chi connectivity index (χ1n) is 3.15. The van der Waals surface area contributed by atoms with Crippen molar-refractivity contribution in [1.82, 2.24) is 0 Å². The van der Waals surface area contributed by atoms with Crippen LogP contribution in [0.25, 0.3) is 9.31 Å². The first kappa shape index (κ1) is 7.81. The van der Waals surface area contributed by atoms with Gasteiger partial charge in [-0.2, -0.15) is 0 Å². The van der Waals surface area contributed by atoms with E-state index in [2.05, 4.69) is 45.6 Å². The van der Waals surface area contributed by atoms with Crippen molar-refractivity contribution in [2.75, 3.05) is 0 Å². The van der Waals surface area contributed by atoms with Crippen molar-refractivity contribution in [3.63, 3.8) is 0 Å². The standard InChI is InChI=1S/C8H5BrSSe/c9-8-4-3-7(11-8)6-2-1-5-10-6/h1-5H. The molecule has 0 spiro atoms. The molecule has 2 rings (SSSR count). The molecule has 56 valence electrons. The Labute approximate surface area is 83.8 Å². The third-order valence-corrected chi connectivity index (χ3v) is 5.54. The molecule has 3 heteroatoms. The molecule has 0 aromatic carbocycles. The summed E-state index contributed by atoms with van der Waals surface area (Å²) in [6.45, 7) is 0. The number of thiophene rings is 1. The van der Waals surface area contributed by atoms with E-state index < -0.39 is 0 Å². The van der Waals surface area contributed by atoms with E-state index in [-0.39, 0.29) is 0 Å². The zero-order chi connectivity index (χ0) is 7.68. The van der Waals surface area contributed by atoms with E-state index in [0.29, 0.717) is 14.5 Å². The average molecular weight is 292 g/mol. The van der Waals surface area contributed by atoms with E-state index in [4.69, 9.17) is 0 Å². The summed E-state index contributed by atoms with van der Waals surface area (Å²) in [5.74, 6) is 0. The van der Waals surface area contributed by atoms with Gasteiger partial charge in [0, 0.05) is 0 Å². The molecule has 0 aliphatic rings.